The Kier molecular flexibility index (Phi) is 5.17. The first-order valence-corrected chi connectivity index (χ1v) is 7.73. The summed E-state index contributed by atoms with van der Waals surface area (Å²) >= 11 is 0. The van der Waals surface area contributed by atoms with E-state index in [-0.39, 0.29) is 12.3 Å². The topological polar surface area (TPSA) is 80.3 Å². The summed E-state index contributed by atoms with van der Waals surface area (Å²) in [6.07, 6.45) is 0. The number of para-hydroxylation sites is 2. The molecule has 25 heavy (non-hydrogen) atoms. The van der Waals surface area contributed by atoms with Gasteiger partial charge >= 0.3 is 0 Å². The van der Waals surface area contributed by atoms with Crippen LogP contribution in [0.5, 0.6) is 11.5 Å². The summed E-state index contributed by atoms with van der Waals surface area (Å²) in [5.74, 6) is 1.86. The Morgan fingerprint density at radius 1 is 1.08 bits per heavy atom. The van der Waals surface area contributed by atoms with Crippen LogP contribution >= 0.6 is 0 Å². The van der Waals surface area contributed by atoms with Crippen molar-refractivity contribution in [2.75, 3.05) is 12.4 Å². The monoisotopic (exact) mass is 335 g/mol. The van der Waals surface area contributed by atoms with Gasteiger partial charge in [0, 0.05) is 6.54 Å². The van der Waals surface area contributed by atoms with Gasteiger partial charge in [0.05, 0.1) is 7.11 Å². The molecule has 0 spiro atoms. The van der Waals surface area contributed by atoms with Gasteiger partial charge in [-0.2, -0.15) is 10.2 Å². The van der Waals surface area contributed by atoms with Gasteiger partial charge in [-0.3, -0.25) is 0 Å². The maximum atomic E-state index is 9.22. The highest BCUT2D eigenvalue weighted by molar-refractivity contribution is 5.46. The van der Waals surface area contributed by atoms with E-state index >= 15 is 0 Å². The molecule has 0 saturated carbocycles. The molecular weight excluding hydrogens is 318 g/mol. The molecule has 126 valence electrons. The van der Waals surface area contributed by atoms with Crippen LogP contribution in [0, 0.1) is 11.3 Å². The van der Waals surface area contributed by atoms with Gasteiger partial charge in [0.1, 0.15) is 6.07 Å². The lowest BCUT2D eigenvalue weighted by atomic mass is 10.2. The van der Waals surface area contributed by atoms with Crippen LogP contribution in [0.2, 0.25) is 0 Å². The third-order valence-electron chi connectivity index (χ3n) is 3.49. The first-order chi connectivity index (χ1) is 12.3. The van der Waals surface area contributed by atoms with Crippen LogP contribution in [0.1, 0.15) is 17.1 Å². The molecule has 0 amide bonds. The Morgan fingerprint density at radius 2 is 1.80 bits per heavy atom. The average molecular weight is 335 g/mol. The van der Waals surface area contributed by atoms with E-state index in [0.717, 1.165) is 5.56 Å². The Morgan fingerprint density at radius 3 is 2.52 bits per heavy atom. The maximum Gasteiger partial charge on any atom is 0.236 e. The van der Waals surface area contributed by atoms with Gasteiger partial charge in [-0.05, 0) is 17.7 Å². The lowest BCUT2D eigenvalue weighted by Gasteiger charge is -2.08. The van der Waals surface area contributed by atoms with Crippen molar-refractivity contribution in [1.29, 1.82) is 5.26 Å². The molecule has 6 nitrogen and oxygen atoms in total. The number of ether oxygens (including phenoxy) is 2. The number of rotatable bonds is 7. The van der Waals surface area contributed by atoms with E-state index in [1.807, 2.05) is 48.5 Å². The fourth-order valence-corrected chi connectivity index (χ4v) is 2.28. The lowest BCUT2D eigenvalue weighted by molar-refractivity contribution is 0.251. The molecule has 0 bridgehead atoms. The summed E-state index contributed by atoms with van der Waals surface area (Å²) in [5.41, 5.74) is 1.28. The van der Waals surface area contributed by atoms with Crippen LogP contribution in [-0.2, 0) is 13.2 Å². The molecule has 0 radical (unpaired) electrons. The zero-order valence-corrected chi connectivity index (χ0v) is 13.7. The minimum atomic E-state index is 0.0993. The van der Waals surface area contributed by atoms with Crippen LogP contribution in [0.25, 0.3) is 0 Å². The molecule has 0 unspecified atom stereocenters. The zero-order chi connectivity index (χ0) is 17.5. The van der Waals surface area contributed by atoms with Crippen molar-refractivity contribution in [2.24, 2.45) is 0 Å². The van der Waals surface area contributed by atoms with Gasteiger partial charge in [-0.15, -0.1) is 0 Å². The summed E-state index contributed by atoms with van der Waals surface area (Å²) in [6.45, 7) is 0.638. The summed E-state index contributed by atoms with van der Waals surface area (Å²) in [4.78, 5) is 4.16. The largest absolute Gasteiger partial charge is 0.493 e. The normalized spacial score (nSPS) is 10.1. The average Bonchev–Trinajstić information content (AvgIpc) is 3.08. The van der Waals surface area contributed by atoms with E-state index in [2.05, 4.69) is 10.3 Å². The molecule has 1 aromatic heterocycles. The van der Waals surface area contributed by atoms with Crippen LogP contribution in [0.15, 0.2) is 59.0 Å². The molecule has 6 heteroatoms. The molecule has 2 aromatic carbocycles. The van der Waals surface area contributed by atoms with E-state index < -0.39 is 0 Å². The minimum absolute atomic E-state index is 0.0993. The van der Waals surface area contributed by atoms with E-state index in [9.17, 15) is 5.26 Å². The second kappa shape index (κ2) is 7.88. The Bertz CT molecular complexity index is 869. The summed E-state index contributed by atoms with van der Waals surface area (Å²) in [6, 6.07) is 19.2. The Balaban J connectivity index is 1.67. The van der Waals surface area contributed by atoms with Gasteiger partial charge in [-0.25, -0.2) is 0 Å². The first-order valence-electron chi connectivity index (χ1n) is 7.73. The molecule has 1 heterocycles. The number of nitrogens with one attached hydrogen (secondary N) is 1. The molecule has 1 N–H and O–H groups in total. The molecule has 0 saturated heterocycles. The van der Waals surface area contributed by atoms with Gasteiger partial charge in [0.2, 0.25) is 17.5 Å². The van der Waals surface area contributed by atoms with Gasteiger partial charge in [0.25, 0.3) is 0 Å². The van der Waals surface area contributed by atoms with Crippen molar-refractivity contribution in [2.45, 2.75) is 13.2 Å². The quantitative estimate of drug-likeness (QED) is 0.708. The molecule has 0 fully saturated rings. The van der Waals surface area contributed by atoms with Crippen molar-refractivity contribution in [3.8, 4) is 17.6 Å². The number of nitrogens with zero attached hydrogens (tertiary/aromatic N) is 2. The van der Waals surface area contributed by atoms with Crippen molar-refractivity contribution >= 4 is 5.88 Å². The highest BCUT2D eigenvalue weighted by atomic mass is 16.5. The van der Waals surface area contributed by atoms with Crippen LogP contribution in [-0.4, -0.2) is 12.1 Å². The standard InChI is InChI=1S/C19H17N3O3/c1-23-16-9-5-6-10-17(16)24-13-18-22-15(11-20)19(25-18)21-12-14-7-3-2-4-8-14/h2-10,21H,12-13H2,1H3. The molecule has 0 aliphatic heterocycles. The molecule has 3 aromatic rings. The van der Waals surface area contributed by atoms with Crippen molar-refractivity contribution in [1.82, 2.24) is 4.98 Å². The highest BCUT2D eigenvalue weighted by Crippen LogP contribution is 2.27. The summed E-state index contributed by atoms with van der Waals surface area (Å²) < 4.78 is 16.5. The summed E-state index contributed by atoms with van der Waals surface area (Å²) in [5, 5.41) is 12.3. The van der Waals surface area contributed by atoms with Crippen molar-refractivity contribution in [3.05, 3.63) is 71.7 Å². The summed E-state index contributed by atoms with van der Waals surface area (Å²) in [7, 11) is 1.58. The first kappa shape index (κ1) is 16.4. The SMILES string of the molecule is COc1ccccc1OCc1nc(C#N)c(NCc2ccccc2)o1. The van der Waals surface area contributed by atoms with Gasteiger partial charge in [0.15, 0.2) is 18.1 Å². The maximum absolute atomic E-state index is 9.22. The van der Waals surface area contributed by atoms with E-state index in [0.29, 0.717) is 29.8 Å². The minimum Gasteiger partial charge on any atom is -0.493 e. The predicted molar refractivity (Wildman–Crippen MR) is 92.3 cm³/mol. The molecule has 0 atom stereocenters. The highest BCUT2D eigenvalue weighted by Gasteiger charge is 2.14. The van der Waals surface area contributed by atoms with E-state index in [1.54, 1.807) is 19.2 Å². The number of nitriles is 1. The number of hydrogen-bond acceptors (Lipinski definition) is 6. The molecule has 0 aliphatic rings. The van der Waals surface area contributed by atoms with Crippen molar-refractivity contribution < 1.29 is 13.9 Å². The number of oxazole rings is 1. The smallest absolute Gasteiger partial charge is 0.236 e. The second-order valence-electron chi connectivity index (χ2n) is 5.18. The van der Waals surface area contributed by atoms with Crippen molar-refractivity contribution in [3.63, 3.8) is 0 Å². The van der Waals surface area contributed by atoms with Crippen LogP contribution in [0.3, 0.4) is 0 Å². The number of aromatic nitrogens is 1. The third-order valence-corrected chi connectivity index (χ3v) is 3.49. The third kappa shape index (κ3) is 4.09. The fourth-order valence-electron chi connectivity index (χ4n) is 2.28. The predicted octanol–water partition coefficient (Wildman–Crippen LogP) is 3.75. The van der Waals surface area contributed by atoms with Crippen LogP contribution in [0.4, 0.5) is 5.88 Å². The molecule has 0 aliphatic carbocycles. The van der Waals surface area contributed by atoms with Gasteiger partial charge in [-0.1, -0.05) is 42.5 Å². The molecule has 3 rings (SSSR count). The van der Waals surface area contributed by atoms with E-state index in [1.165, 1.54) is 0 Å². The lowest BCUT2D eigenvalue weighted by Crippen LogP contribution is -1.99. The number of benzene rings is 2. The number of methoxy groups -OCH3 is 1. The number of anilines is 1. The zero-order valence-electron chi connectivity index (χ0n) is 13.7. The molecular formula is C19H17N3O3. The second-order valence-corrected chi connectivity index (χ2v) is 5.18. The number of hydrogen-bond donors (Lipinski definition) is 1. The van der Waals surface area contributed by atoms with Gasteiger partial charge < -0.3 is 19.2 Å². The fraction of sp³-hybridized carbons (Fsp3) is 0.158. The van der Waals surface area contributed by atoms with Crippen LogP contribution < -0.4 is 14.8 Å². The Labute approximate surface area is 145 Å². The Hall–Kier alpha value is -3.46. The van der Waals surface area contributed by atoms with E-state index in [4.69, 9.17) is 13.9 Å².